The maximum absolute atomic E-state index is 5.98. The topological polar surface area (TPSA) is 43.6 Å². The molecule has 20 heavy (non-hydrogen) atoms. The first-order valence-corrected chi connectivity index (χ1v) is 7.12. The zero-order valence-corrected chi connectivity index (χ0v) is 12.7. The lowest BCUT2D eigenvalue weighted by atomic mass is 10.1. The van der Waals surface area contributed by atoms with Crippen molar-refractivity contribution in [2.45, 2.75) is 32.7 Å². The van der Waals surface area contributed by atoms with Crippen molar-refractivity contribution in [1.82, 2.24) is 5.32 Å². The molecule has 110 valence electrons. The Hall–Kier alpha value is -1.68. The number of ether oxygens (including phenoxy) is 2. The van der Waals surface area contributed by atoms with Crippen LogP contribution in [0.25, 0.3) is 11.0 Å². The zero-order valence-electron chi connectivity index (χ0n) is 12.7. The van der Waals surface area contributed by atoms with Crippen LogP contribution in [-0.2, 0) is 0 Å². The molecule has 1 heterocycles. The molecule has 0 fully saturated rings. The van der Waals surface area contributed by atoms with Gasteiger partial charge in [0.2, 0.25) is 0 Å². The summed E-state index contributed by atoms with van der Waals surface area (Å²) in [5.41, 5.74) is 0.799. The molecule has 0 saturated carbocycles. The molecule has 0 bridgehead atoms. The fraction of sp³-hybridized carbons (Fsp3) is 0.500. The molecule has 0 aliphatic rings. The highest BCUT2D eigenvalue weighted by Gasteiger charge is 2.17. The molecule has 4 nitrogen and oxygen atoms in total. The van der Waals surface area contributed by atoms with E-state index in [-0.39, 0.29) is 6.04 Å². The first-order chi connectivity index (χ1) is 9.73. The Morgan fingerprint density at radius 1 is 1.15 bits per heavy atom. The van der Waals surface area contributed by atoms with Crippen LogP contribution in [0.15, 0.2) is 22.6 Å². The van der Waals surface area contributed by atoms with E-state index in [0.29, 0.717) is 0 Å². The molecule has 1 aromatic heterocycles. The van der Waals surface area contributed by atoms with Crippen LogP contribution in [0.1, 0.15) is 38.5 Å². The van der Waals surface area contributed by atoms with Crippen LogP contribution >= 0.6 is 0 Å². The van der Waals surface area contributed by atoms with Crippen LogP contribution in [0.5, 0.6) is 11.5 Å². The molecule has 0 amide bonds. The Balaban J connectivity index is 2.41. The van der Waals surface area contributed by atoms with E-state index in [1.807, 2.05) is 12.1 Å². The molecular formula is C16H23NO3. The predicted octanol–water partition coefficient (Wildman–Crippen LogP) is 3.90. The first-order valence-electron chi connectivity index (χ1n) is 7.12. The maximum Gasteiger partial charge on any atom is 0.141 e. The molecule has 1 atom stereocenters. The van der Waals surface area contributed by atoms with E-state index in [4.69, 9.17) is 13.9 Å². The van der Waals surface area contributed by atoms with Crippen LogP contribution in [0.2, 0.25) is 0 Å². The molecule has 0 aliphatic heterocycles. The average molecular weight is 277 g/mol. The van der Waals surface area contributed by atoms with Crippen molar-refractivity contribution < 1.29 is 13.9 Å². The first kappa shape index (κ1) is 14.7. The van der Waals surface area contributed by atoms with Crippen LogP contribution < -0.4 is 14.8 Å². The molecule has 0 saturated heterocycles. The largest absolute Gasteiger partial charge is 0.496 e. The van der Waals surface area contributed by atoms with E-state index in [9.17, 15) is 0 Å². The lowest BCUT2D eigenvalue weighted by Crippen LogP contribution is -2.20. The highest BCUT2D eigenvalue weighted by Crippen LogP contribution is 2.35. The number of methoxy groups -OCH3 is 2. The molecule has 1 unspecified atom stereocenters. The SMILES string of the molecule is CCCNC(CC)c1cc2c(OC)cc(OC)cc2o1. The zero-order chi connectivity index (χ0) is 14.5. The van der Waals surface area contributed by atoms with Gasteiger partial charge in [-0.1, -0.05) is 13.8 Å². The fourth-order valence-electron chi connectivity index (χ4n) is 2.33. The van der Waals surface area contributed by atoms with Crippen molar-refractivity contribution in [3.8, 4) is 11.5 Å². The van der Waals surface area contributed by atoms with Gasteiger partial charge in [-0.2, -0.15) is 0 Å². The van der Waals surface area contributed by atoms with Crippen LogP contribution in [-0.4, -0.2) is 20.8 Å². The molecule has 4 heteroatoms. The molecule has 0 spiro atoms. The minimum absolute atomic E-state index is 0.234. The highest BCUT2D eigenvalue weighted by molar-refractivity contribution is 5.86. The summed E-state index contributed by atoms with van der Waals surface area (Å²) < 4.78 is 16.7. The molecular weight excluding hydrogens is 254 g/mol. The highest BCUT2D eigenvalue weighted by atomic mass is 16.5. The summed E-state index contributed by atoms with van der Waals surface area (Å²) in [6, 6.07) is 6.07. The second-order valence-electron chi connectivity index (χ2n) is 4.81. The predicted molar refractivity (Wildman–Crippen MR) is 80.6 cm³/mol. The minimum atomic E-state index is 0.234. The minimum Gasteiger partial charge on any atom is -0.496 e. The van der Waals surface area contributed by atoms with Gasteiger partial charge in [-0.15, -0.1) is 0 Å². The van der Waals surface area contributed by atoms with Crippen molar-refractivity contribution in [1.29, 1.82) is 0 Å². The number of benzene rings is 1. The van der Waals surface area contributed by atoms with Crippen LogP contribution in [0, 0.1) is 0 Å². The van der Waals surface area contributed by atoms with Gasteiger partial charge < -0.3 is 19.2 Å². The summed E-state index contributed by atoms with van der Waals surface area (Å²) in [5.74, 6) is 2.46. The second kappa shape index (κ2) is 6.66. The van der Waals surface area contributed by atoms with Gasteiger partial charge in [0.25, 0.3) is 0 Å². The number of rotatable bonds is 7. The van der Waals surface area contributed by atoms with Gasteiger partial charge in [-0.05, 0) is 25.5 Å². The van der Waals surface area contributed by atoms with Crippen molar-refractivity contribution >= 4 is 11.0 Å². The van der Waals surface area contributed by atoms with Crippen molar-refractivity contribution in [2.24, 2.45) is 0 Å². The Kier molecular flexibility index (Phi) is 4.90. The van der Waals surface area contributed by atoms with Gasteiger partial charge in [0.1, 0.15) is 22.8 Å². The molecule has 2 aromatic rings. The average Bonchev–Trinajstić information content (AvgIpc) is 2.90. The molecule has 0 aliphatic carbocycles. The van der Waals surface area contributed by atoms with Crippen LogP contribution in [0.3, 0.4) is 0 Å². The quantitative estimate of drug-likeness (QED) is 0.833. The van der Waals surface area contributed by atoms with Crippen molar-refractivity contribution in [2.75, 3.05) is 20.8 Å². The van der Waals surface area contributed by atoms with Gasteiger partial charge in [-0.25, -0.2) is 0 Å². The Morgan fingerprint density at radius 3 is 2.55 bits per heavy atom. The lowest BCUT2D eigenvalue weighted by Gasteiger charge is -2.13. The molecule has 1 aromatic carbocycles. The third kappa shape index (κ3) is 2.90. The summed E-state index contributed by atoms with van der Waals surface area (Å²) in [4.78, 5) is 0. The maximum atomic E-state index is 5.98. The number of nitrogens with one attached hydrogen (secondary N) is 1. The Morgan fingerprint density at radius 2 is 1.95 bits per heavy atom. The third-order valence-electron chi connectivity index (χ3n) is 3.44. The summed E-state index contributed by atoms with van der Waals surface area (Å²) in [5, 5.41) is 4.48. The van der Waals surface area contributed by atoms with Crippen LogP contribution in [0.4, 0.5) is 0 Å². The number of hydrogen-bond donors (Lipinski definition) is 1. The monoisotopic (exact) mass is 277 g/mol. The smallest absolute Gasteiger partial charge is 0.141 e. The standard InChI is InChI=1S/C16H23NO3/c1-5-7-17-13(6-2)16-10-12-14(19-4)8-11(18-3)9-15(12)20-16/h8-10,13,17H,5-7H2,1-4H3. The second-order valence-corrected chi connectivity index (χ2v) is 4.81. The van der Waals surface area contributed by atoms with E-state index >= 15 is 0 Å². The lowest BCUT2D eigenvalue weighted by molar-refractivity contribution is 0.395. The Bertz CT molecular complexity index is 562. The van der Waals surface area contributed by atoms with Crippen molar-refractivity contribution in [3.05, 3.63) is 24.0 Å². The van der Waals surface area contributed by atoms with Gasteiger partial charge in [0.15, 0.2) is 0 Å². The van der Waals surface area contributed by atoms with E-state index in [1.54, 1.807) is 14.2 Å². The van der Waals surface area contributed by atoms with Gasteiger partial charge >= 0.3 is 0 Å². The normalized spacial score (nSPS) is 12.6. The van der Waals surface area contributed by atoms with E-state index in [1.165, 1.54) is 0 Å². The number of hydrogen-bond acceptors (Lipinski definition) is 4. The van der Waals surface area contributed by atoms with Gasteiger partial charge in [-0.3, -0.25) is 0 Å². The third-order valence-corrected chi connectivity index (χ3v) is 3.44. The molecule has 1 N–H and O–H groups in total. The Labute approximate surface area is 120 Å². The number of fused-ring (bicyclic) bond motifs is 1. The van der Waals surface area contributed by atoms with E-state index < -0.39 is 0 Å². The molecule has 0 radical (unpaired) electrons. The van der Waals surface area contributed by atoms with Crippen molar-refractivity contribution in [3.63, 3.8) is 0 Å². The summed E-state index contributed by atoms with van der Waals surface area (Å²) in [6.07, 6.45) is 2.09. The van der Waals surface area contributed by atoms with Gasteiger partial charge in [0.05, 0.1) is 25.6 Å². The fourth-order valence-corrected chi connectivity index (χ4v) is 2.33. The summed E-state index contributed by atoms with van der Waals surface area (Å²) >= 11 is 0. The van der Waals surface area contributed by atoms with Gasteiger partial charge in [0, 0.05) is 12.1 Å². The summed E-state index contributed by atoms with van der Waals surface area (Å²) in [6.45, 7) is 5.29. The molecule has 2 rings (SSSR count). The summed E-state index contributed by atoms with van der Waals surface area (Å²) in [7, 11) is 3.30. The van der Waals surface area contributed by atoms with E-state index in [2.05, 4.69) is 25.2 Å². The number of furan rings is 1. The van der Waals surface area contributed by atoms with E-state index in [0.717, 1.165) is 47.6 Å².